The molecule has 4 rings (SSSR count). The molecule has 4 heteroatoms. The van der Waals surface area contributed by atoms with Crippen molar-refractivity contribution in [1.82, 2.24) is 19.7 Å². The second-order valence-electron chi connectivity index (χ2n) is 5.71. The first-order chi connectivity index (χ1) is 11.3. The van der Waals surface area contributed by atoms with Gasteiger partial charge in [-0.15, -0.1) is 0 Å². The molecule has 1 aromatic carbocycles. The van der Waals surface area contributed by atoms with Gasteiger partial charge in [-0.05, 0) is 36.8 Å². The number of nitrogens with one attached hydrogen (secondary N) is 1. The van der Waals surface area contributed by atoms with Crippen LogP contribution in [0.3, 0.4) is 0 Å². The van der Waals surface area contributed by atoms with Crippen molar-refractivity contribution in [2.24, 2.45) is 0 Å². The van der Waals surface area contributed by atoms with E-state index in [-0.39, 0.29) is 0 Å². The van der Waals surface area contributed by atoms with Crippen LogP contribution in [0.4, 0.5) is 0 Å². The van der Waals surface area contributed by atoms with Gasteiger partial charge >= 0.3 is 0 Å². The van der Waals surface area contributed by atoms with E-state index in [1.807, 2.05) is 42.6 Å². The molecule has 4 nitrogen and oxygen atoms in total. The van der Waals surface area contributed by atoms with E-state index in [1.165, 1.54) is 16.6 Å². The lowest BCUT2D eigenvalue weighted by Crippen LogP contribution is -2.15. The van der Waals surface area contributed by atoms with Crippen LogP contribution in [0, 0.1) is 6.92 Å². The highest BCUT2D eigenvalue weighted by atomic mass is 15.0. The van der Waals surface area contributed by atoms with E-state index in [4.69, 9.17) is 0 Å². The van der Waals surface area contributed by atoms with E-state index in [2.05, 4.69) is 44.9 Å². The molecule has 1 N–H and O–H groups in total. The van der Waals surface area contributed by atoms with Crippen molar-refractivity contribution in [2.75, 3.05) is 0 Å². The van der Waals surface area contributed by atoms with Gasteiger partial charge in [0.2, 0.25) is 0 Å². The topological polar surface area (TPSA) is 42.2 Å². The summed E-state index contributed by atoms with van der Waals surface area (Å²) in [5, 5.41) is 4.68. The molecule has 0 radical (unpaired) electrons. The maximum atomic E-state index is 4.59. The Morgan fingerprint density at radius 2 is 1.91 bits per heavy atom. The summed E-state index contributed by atoms with van der Waals surface area (Å²) in [6.07, 6.45) is 4.00. The molecular weight excluding hydrogens is 284 g/mol. The Hall–Kier alpha value is -2.72. The number of pyridine rings is 2. The molecule has 0 bridgehead atoms. The van der Waals surface area contributed by atoms with Gasteiger partial charge in [-0.3, -0.25) is 4.98 Å². The second-order valence-corrected chi connectivity index (χ2v) is 5.71. The molecule has 23 heavy (non-hydrogen) atoms. The number of aryl methyl sites for hydroxylation is 1. The largest absolute Gasteiger partial charge is 0.307 e. The minimum absolute atomic E-state index is 0.782. The molecule has 114 valence electrons. The van der Waals surface area contributed by atoms with Crippen LogP contribution in [-0.4, -0.2) is 14.4 Å². The molecule has 3 aromatic heterocycles. The van der Waals surface area contributed by atoms with Crippen LogP contribution in [0.25, 0.3) is 16.6 Å². The summed E-state index contributed by atoms with van der Waals surface area (Å²) in [6.45, 7) is 3.63. The lowest BCUT2D eigenvalue weighted by molar-refractivity contribution is 0.671. The Bertz CT molecular complexity index is 971. The molecule has 0 atom stereocenters. The van der Waals surface area contributed by atoms with Gasteiger partial charge in [0.25, 0.3) is 0 Å². The summed E-state index contributed by atoms with van der Waals surface area (Å²) >= 11 is 0. The molecule has 0 aliphatic heterocycles. The zero-order valence-electron chi connectivity index (χ0n) is 13.0. The van der Waals surface area contributed by atoms with Crippen LogP contribution in [0.2, 0.25) is 0 Å². The summed E-state index contributed by atoms with van der Waals surface area (Å²) in [5.74, 6) is 0. The number of hydrogen-bond acceptors (Lipinski definition) is 3. The quantitative estimate of drug-likeness (QED) is 0.627. The Balaban J connectivity index is 1.51. The summed E-state index contributed by atoms with van der Waals surface area (Å²) in [5.41, 5.74) is 5.49. The van der Waals surface area contributed by atoms with E-state index in [9.17, 15) is 0 Å². The van der Waals surface area contributed by atoms with Crippen molar-refractivity contribution >= 4 is 16.6 Å². The van der Waals surface area contributed by atoms with Gasteiger partial charge in [0.05, 0.1) is 16.9 Å². The number of nitrogens with zero attached hydrogens (tertiary/aromatic N) is 3. The van der Waals surface area contributed by atoms with Gasteiger partial charge in [-0.25, -0.2) is 4.98 Å². The average Bonchev–Trinajstić information content (AvgIpc) is 2.90. The summed E-state index contributed by atoms with van der Waals surface area (Å²) in [7, 11) is 0. The van der Waals surface area contributed by atoms with Crippen molar-refractivity contribution < 1.29 is 0 Å². The Morgan fingerprint density at radius 1 is 1.04 bits per heavy atom. The van der Waals surface area contributed by atoms with Gasteiger partial charge in [0, 0.05) is 30.9 Å². The zero-order valence-corrected chi connectivity index (χ0v) is 13.0. The van der Waals surface area contributed by atoms with Crippen LogP contribution in [0.1, 0.15) is 17.0 Å². The predicted molar refractivity (Wildman–Crippen MR) is 92.2 cm³/mol. The number of benzene rings is 1. The fourth-order valence-corrected chi connectivity index (χ4v) is 2.92. The maximum absolute atomic E-state index is 4.59. The normalized spacial score (nSPS) is 11.3. The van der Waals surface area contributed by atoms with E-state index in [1.54, 1.807) is 0 Å². The first-order valence-corrected chi connectivity index (χ1v) is 7.78. The summed E-state index contributed by atoms with van der Waals surface area (Å²) in [4.78, 5) is 9.10. The summed E-state index contributed by atoms with van der Waals surface area (Å²) in [6, 6.07) is 16.5. The van der Waals surface area contributed by atoms with Crippen molar-refractivity contribution in [3.05, 3.63) is 77.9 Å². The van der Waals surface area contributed by atoms with Crippen molar-refractivity contribution in [1.29, 1.82) is 0 Å². The number of hydrogen-bond donors (Lipinski definition) is 1. The Labute approximate surface area is 134 Å². The SMILES string of the molecule is Cc1nc2ccccn2c1CNCc1cnc2ccccc2c1. The minimum Gasteiger partial charge on any atom is -0.307 e. The molecule has 0 saturated heterocycles. The third kappa shape index (κ3) is 2.69. The highest BCUT2D eigenvalue weighted by Crippen LogP contribution is 2.14. The van der Waals surface area contributed by atoms with Gasteiger partial charge in [0.1, 0.15) is 5.65 Å². The highest BCUT2D eigenvalue weighted by molar-refractivity contribution is 5.78. The molecule has 0 spiro atoms. The number of rotatable bonds is 4. The van der Waals surface area contributed by atoms with Crippen LogP contribution in [-0.2, 0) is 13.1 Å². The minimum atomic E-state index is 0.782. The fraction of sp³-hybridized carbons (Fsp3) is 0.158. The lowest BCUT2D eigenvalue weighted by Gasteiger charge is -2.07. The second kappa shape index (κ2) is 5.82. The molecule has 0 aliphatic rings. The third-order valence-electron chi connectivity index (χ3n) is 4.10. The van der Waals surface area contributed by atoms with E-state index < -0.39 is 0 Å². The molecule has 0 saturated carbocycles. The number of fused-ring (bicyclic) bond motifs is 2. The van der Waals surface area contributed by atoms with Gasteiger partial charge in [-0.2, -0.15) is 0 Å². The van der Waals surface area contributed by atoms with Crippen LogP contribution in [0.15, 0.2) is 60.9 Å². The Morgan fingerprint density at radius 3 is 2.87 bits per heavy atom. The zero-order chi connectivity index (χ0) is 15.6. The first-order valence-electron chi connectivity index (χ1n) is 7.78. The third-order valence-corrected chi connectivity index (χ3v) is 4.10. The highest BCUT2D eigenvalue weighted by Gasteiger charge is 2.07. The molecule has 0 fully saturated rings. The molecule has 3 heterocycles. The molecule has 0 aliphatic carbocycles. The summed E-state index contributed by atoms with van der Waals surface area (Å²) < 4.78 is 2.14. The van der Waals surface area contributed by atoms with Crippen LogP contribution < -0.4 is 5.32 Å². The van der Waals surface area contributed by atoms with Gasteiger partial charge in [-0.1, -0.05) is 24.3 Å². The van der Waals surface area contributed by atoms with Crippen LogP contribution in [0.5, 0.6) is 0 Å². The average molecular weight is 302 g/mol. The molecular formula is C19H18N4. The molecule has 0 amide bonds. The van der Waals surface area contributed by atoms with Crippen molar-refractivity contribution in [3.63, 3.8) is 0 Å². The number of aromatic nitrogens is 3. The van der Waals surface area contributed by atoms with Gasteiger partial charge in [0.15, 0.2) is 0 Å². The fourth-order valence-electron chi connectivity index (χ4n) is 2.92. The number of para-hydroxylation sites is 1. The van der Waals surface area contributed by atoms with E-state index in [0.29, 0.717) is 0 Å². The number of imidazole rings is 1. The van der Waals surface area contributed by atoms with Crippen LogP contribution >= 0.6 is 0 Å². The molecule has 0 unspecified atom stereocenters. The first kappa shape index (κ1) is 13.9. The van der Waals surface area contributed by atoms with Crippen molar-refractivity contribution in [2.45, 2.75) is 20.0 Å². The van der Waals surface area contributed by atoms with Gasteiger partial charge < -0.3 is 9.72 Å². The predicted octanol–water partition coefficient (Wildman–Crippen LogP) is 3.48. The smallest absolute Gasteiger partial charge is 0.137 e. The maximum Gasteiger partial charge on any atom is 0.137 e. The Kier molecular flexibility index (Phi) is 3.52. The van der Waals surface area contributed by atoms with E-state index >= 15 is 0 Å². The standard InChI is InChI=1S/C19H18N4/c1-14-18(23-9-5-4-8-19(23)22-14)13-20-11-15-10-16-6-2-3-7-17(16)21-12-15/h2-10,12,20H,11,13H2,1H3. The van der Waals surface area contributed by atoms with E-state index in [0.717, 1.165) is 29.9 Å². The lowest BCUT2D eigenvalue weighted by atomic mass is 10.1. The van der Waals surface area contributed by atoms with Crippen molar-refractivity contribution in [3.8, 4) is 0 Å². The molecule has 4 aromatic rings. The monoisotopic (exact) mass is 302 g/mol.